The Labute approximate surface area is 191 Å². The number of ether oxygens (including phenoxy) is 1. The lowest BCUT2D eigenvalue weighted by Gasteiger charge is -2.16. The average Bonchev–Trinajstić information content (AvgIpc) is 3.28. The summed E-state index contributed by atoms with van der Waals surface area (Å²) < 4.78 is 47.7. The lowest BCUT2D eigenvalue weighted by molar-refractivity contribution is 0.437. The molecule has 0 atom stereocenters. The quantitative estimate of drug-likeness (QED) is 0.556. The van der Waals surface area contributed by atoms with Crippen molar-refractivity contribution in [1.29, 1.82) is 0 Å². The van der Waals surface area contributed by atoms with Gasteiger partial charge in [0.25, 0.3) is 5.56 Å². The molecule has 33 heavy (non-hydrogen) atoms. The normalized spacial score (nSPS) is 12.9. The van der Waals surface area contributed by atoms with E-state index in [-0.39, 0.29) is 39.0 Å². The number of halogens is 1. The molecule has 0 bridgehead atoms. The number of aryl methyl sites for hydroxylation is 1. The van der Waals surface area contributed by atoms with E-state index in [1.165, 1.54) is 35.4 Å². The number of hydrogen-bond acceptors (Lipinski definition) is 5. The highest BCUT2D eigenvalue weighted by Gasteiger charge is 2.21. The molecular formula is C25H24FN2O4S. The molecule has 0 saturated heterocycles. The summed E-state index contributed by atoms with van der Waals surface area (Å²) in [7, 11) is -1.92. The lowest BCUT2D eigenvalue weighted by Crippen LogP contribution is -2.43. The summed E-state index contributed by atoms with van der Waals surface area (Å²) in [6, 6.07) is 9.43. The van der Waals surface area contributed by atoms with Crippen molar-refractivity contribution < 1.29 is 17.5 Å². The first-order chi connectivity index (χ1) is 15.6. The molecular weight excluding hydrogens is 443 g/mol. The molecule has 6 nitrogen and oxygen atoms in total. The second-order valence-corrected chi connectivity index (χ2v) is 10.4. The Bertz CT molecular complexity index is 1540. The molecule has 0 fully saturated rings. The first kappa shape index (κ1) is 22.9. The zero-order chi connectivity index (χ0) is 23.9. The smallest absolute Gasteiger partial charge is 0.276 e. The van der Waals surface area contributed by atoms with Crippen LogP contribution in [0.1, 0.15) is 32.3 Å². The molecule has 2 heterocycles. The van der Waals surface area contributed by atoms with Crippen molar-refractivity contribution >= 4 is 15.9 Å². The van der Waals surface area contributed by atoms with Crippen LogP contribution in [0.2, 0.25) is 0 Å². The van der Waals surface area contributed by atoms with Gasteiger partial charge in [0.05, 0.1) is 17.2 Å². The molecule has 1 aliphatic rings. The summed E-state index contributed by atoms with van der Waals surface area (Å²) >= 11 is 0. The molecule has 3 aromatic rings. The van der Waals surface area contributed by atoms with E-state index in [0.717, 1.165) is 0 Å². The average molecular weight is 468 g/mol. The minimum absolute atomic E-state index is 0.0373. The Balaban J connectivity index is 1.98. The number of aromatic nitrogens is 1. The first-order valence-corrected chi connectivity index (χ1v) is 12.2. The molecule has 1 aliphatic heterocycles. The fraction of sp³-hybridized carbons (Fsp3) is 0.240. The van der Waals surface area contributed by atoms with Gasteiger partial charge in [0.15, 0.2) is 21.4 Å². The van der Waals surface area contributed by atoms with E-state index in [9.17, 15) is 13.2 Å². The first-order valence-electron chi connectivity index (χ1n) is 10.6. The van der Waals surface area contributed by atoms with Gasteiger partial charge in [0.1, 0.15) is 11.1 Å². The van der Waals surface area contributed by atoms with Gasteiger partial charge in [-0.15, -0.1) is 0 Å². The zero-order valence-electron chi connectivity index (χ0n) is 18.8. The number of pyridine rings is 1. The van der Waals surface area contributed by atoms with Crippen LogP contribution in [0.25, 0.3) is 17.2 Å². The van der Waals surface area contributed by atoms with Crippen LogP contribution < -0.4 is 20.9 Å². The fourth-order valence-electron chi connectivity index (χ4n) is 3.77. The molecule has 2 aromatic carbocycles. The molecule has 0 aliphatic carbocycles. The van der Waals surface area contributed by atoms with Gasteiger partial charge in [0.2, 0.25) is 0 Å². The Hall–Kier alpha value is -3.26. The Morgan fingerprint density at radius 1 is 1.12 bits per heavy atom. The van der Waals surface area contributed by atoms with Gasteiger partial charge in [0, 0.05) is 29.6 Å². The van der Waals surface area contributed by atoms with Crippen LogP contribution >= 0.6 is 0 Å². The van der Waals surface area contributed by atoms with Gasteiger partial charge < -0.3 is 9.30 Å². The van der Waals surface area contributed by atoms with E-state index in [0.29, 0.717) is 21.9 Å². The molecule has 0 saturated carbocycles. The maximum atomic E-state index is 15.1. The topological polar surface area (TPSA) is 77.7 Å². The molecule has 1 aromatic heterocycles. The number of benzene rings is 2. The Kier molecular flexibility index (Phi) is 5.97. The minimum atomic E-state index is -3.52. The number of nitrogens with zero attached hydrogens (tertiary/aromatic N) is 2. The van der Waals surface area contributed by atoms with Crippen molar-refractivity contribution in [3.05, 3.63) is 81.5 Å². The molecule has 0 N–H and O–H groups in total. The van der Waals surface area contributed by atoms with Crippen molar-refractivity contribution in [2.75, 3.05) is 5.75 Å². The van der Waals surface area contributed by atoms with Crippen molar-refractivity contribution in [3.8, 4) is 22.6 Å². The van der Waals surface area contributed by atoms with Gasteiger partial charge >= 0.3 is 0 Å². The van der Waals surface area contributed by atoms with Gasteiger partial charge in [-0.2, -0.15) is 0 Å². The SMILES string of the molecule is CCS(=O)(=O)c1ccc(Oc2cccc(C(C)C)c2F)c(-c2cn(C)c(=O)c3c2=C[CH]N=3)c1. The Morgan fingerprint density at radius 2 is 1.88 bits per heavy atom. The number of sulfone groups is 1. The molecule has 171 valence electrons. The van der Waals surface area contributed by atoms with E-state index < -0.39 is 15.7 Å². The summed E-state index contributed by atoms with van der Waals surface area (Å²) in [5.74, 6) is -0.271. The van der Waals surface area contributed by atoms with Crippen molar-refractivity contribution in [2.45, 2.75) is 31.6 Å². The van der Waals surface area contributed by atoms with Crippen LogP contribution in [0, 0.1) is 12.4 Å². The predicted octanol–water partition coefficient (Wildman–Crippen LogP) is 3.48. The molecule has 0 amide bonds. The van der Waals surface area contributed by atoms with E-state index >= 15 is 4.39 Å². The standard InChI is InChI=1S/C25H24FN2O4S/c1-5-33(30,31)16-9-10-21(32-22-8-6-7-17(15(2)3)23(22)26)19(13-16)20-14-28(4)25(29)24-18(20)11-12-27-24/h6-15H,5H2,1-4H3. The summed E-state index contributed by atoms with van der Waals surface area (Å²) in [4.78, 5) is 16.8. The lowest BCUT2D eigenvalue weighted by atomic mass is 10.0. The van der Waals surface area contributed by atoms with Crippen molar-refractivity contribution in [2.24, 2.45) is 12.0 Å². The Morgan fingerprint density at radius 3 is 2.58 bits per heavy atom. The van der Waals surface area contributed by atoms with Crippen LogP contribution in [0.5, 0.6) is 11.5 Å². The van der Waals surface area contributed by atoms with E-state index in [1.54, 1.807) is 38.4 Å². The van der Waals surface area contributed by atoms with Crippen LogP contribution in [0.4, 0.5) is 4.39 Å². The number of fused-ring (bicyclic) bond motifs is 1. The third-order valence-electron chi connectivity index (χ3n) is 5.65. The summed E-state index contributed by atoms with van der Waals surface area (Å²) in [6.45, 7) is 6.87. The van der Waals surface area contributed by atoms with E-state index in [2.05, 4.69) is 4.99 Å². The highest BCUT2D eigenvalue weighted by atomic mass is 32.2. The summed E-state index contributed by atoms with van der Waals surface area (Å²) in [5.41, 5.74) is 1.24. The monoisotopic (exact) mass is 467 g/mol. The van der Waals surface area contributed by atoms with Gasteiger partial charge in [-0.1, -0.05) is 32.9 Å². The highest BCUT2D eigenvalue weighted by Crippen LogP contribution is 2.36. The summed E-state index contributed by atoms with van der Waals surface area (Å²) in [6.07, 6.45) is 3.30. The molecule has 0 unspecified atom stereocenters. The molecule has 8 heteroatoms. The largest absolute Gasteiger partial charge is 0.454 e. The van der Waals surface area contributed by atoms with Gasteiger partial charge in [-0.05, 0) is 41.8 Å². The predicted molar refractivity (Wildman–Crippen MR) is 125 cm³/mol. The van der Waals surface area contributed by atoms with Crippen LogP contribution in [0.3, 0.4) is 0 Å². The van der Waals surface area contributed by atoms with E-state index in [4.69, 9.17) is 4.74 Å². The third kappa shape index (κ3) is 4.11. The van der Waals surface area contributed by atoms with Crippen molar-refractivity contribution in [1.82, 2.24) is 4.57 Å². The zero-order valence-corrected chi connectivity index (χ0v) is 19.6. The number of rotatable bonds is 6. The maximum Gasteiger partial charge on any atom is 0.276 e. The fourth-order valence-corrected chi connectivity index (χ4v) is 4.67. The summed E-state index contributed by atoms with van der Waals surface area (Å²) in [5, 5.41) is 0.822. The van der Waals surface area contributed by atoms with Gasteiger partial charge in [-0.3, -0.25) is 9.79 Å². The van der Waals surface area contributed by atoms with Crippen LogP contribution in [0.15, 0.2) is 57.3 Å². The van der Waals surface area contributed by atoms with E-state index in [1.807, 2.05) is 13.8 Å². The number of hydrogen-bond donors (Lipinski definition) is 0. The minimum Gasteiger partial charge on any atom is -0.454 e. The van der Waals surface area contributed by atoms with Gasteiger partial charge in [-0.25, -0.2) is 12.8 Å². The second kappa shape index (κ2) is 8.59. The maximum absolute atomic E-state index is 15.1. The molecule has 1 radical (unpaired) electrons. The molecule has 0 spiro atoms. The highest BCUT2D eigenvalue weighted by molar-refractivity contribution is 7.91. The van der Waals surface area contributed by atoms with Crippen LogP contribution in [-0.2, 0) is 16.9 Å². The van der Waals surface area contributed by atoms with Crippen molar-refractivity contribution in [3.63, 3.8) is 0 Å². The molecule has 4 rings (SSSR count). The third-order valence-corrected chi connectivity index (χ3v) is 7.38. The van der Waals surface area contributed by atoms with Crippen LogP contribution in [-0.4, -0.2) is 18.7 Å². The second-order valence-electron chi connectivity index (χ2n) is 8.14.